The largest absolute Gasteiger partial charge is 0.371 e. The number of hydrogen-bond acceptors (Lipinski definition) is 4. The van der Waals surface area contributed by atoms with Gasteiger partial charge < -0.3 is 10.2 Å². The Balaban J connectivity index is 1.95. The van der Waals surface area contributed by atoms with Crippen molar-refractivity contribution in [2.75, 3.05) is 23.8 Å². The molecule has 3 heterocycles. The molecule has 2 aromatic rings. The van der Waals surface area contributed by atoms with Gasteiger partial charge in [-0.05, 0) is 23.4 Å². The van der Waals surface area contributed by atoms with E-state index in [2.05, 4.69) is 10.3 Å². The molecule has 0 aliphatic carbocycles. The molecule has 19 heavy (non-hydrogen) atoms. The van der Waals surface area contributed by atoms with E-state index in [-0.39, 0.29) is 11.6 Å². The fourth-order valence-electron chi connectivity index (χ4n) is 2.28. The van der Waals surface area contributed by atoms with Crippen molar-refractivity contribution in [2.24, 2.45) is 0 Å². The van der Waals surface area contributed by atoms with Crippen molar-refractivity contribution >= 4 is 23.0 Å². The molecule has 100 valence electrons. The van der Waals surface area contributed by atoms with Gasteiger partial charge in [0.2, 0.25) is 0 Å². The SMILES string of the molecule is CNc1nc(N2CCc3sccc3C2)c(F)cc1F. The lowest BCUT2D eigenvalue weighted by Crippen LogP contribution is -2.31. The third kappa shape index (κ3) is 2.16. The highest BCUT2D eigenvalue weighted by molar-refractivity contribution is 7.10. The van der Waals surface area contributed by atoms with E-state index in [4.69, 9.17) is 0 Å². The second-order valence-electron chi connectivity index (χ2n) is 4.41. The molecular formula is C13H13F2N3S. The molecule has 1 N–H and O–H groups in total. The summed E-state index contributed by atoms with van der Waals surface area (Å²) in [5.41, 5.74) is 1.20. The first-order valence-electron chi connectivity index (χ1n) is 6.03. The van der Waals surface area contributed by atoms with Gasteiger partial charge >= 0.3 is 0 Å². The number of nitrogens with zero attached hydrogens (tertiary/aromatic N) is 2. The standard InChI is InChI=1S/C13H13F2N3S/c1-16-12-9(14)6-10(15)13(17-12)18-4-2-11-8(7-18)3-5-19-11/h3,5-6H,2,4,7H2,1H3,(H,16,17). The van der Waals surface area contributed by atoms with Gasteiger partial charge in [0.05, 0.1) is 0 Å². The molecule has 0 amide bonds. The third-order valence-electron chi connectivity index (χ3n) is 3.25. The van der Waals surface area contributed by atoms with Gasteiger partial charge in [-0.1, -0.05) is 0 Å². The maximum atomic E-state index is 13.9. The predicted octanol–water partition coefficient (Wildman–Crippen LogP) is 3.03. The number of fused-ring (bicyclic) bond motifs is 1. The minimum absolute atomic E-state index is 0.0764. The molecule has 0 saturated heterocycles. The first-order chi connectivity index (χ1) is 9.19. The predicted molar refractivity (Wildman–Crippen MR) is 72.8 cm³/mol. The zero-order chi connectivity index (χ0) is 13.4. The van der Waals surface area contributed by atoms with E-state index in [1.165, 1.54) is 10.4 Å². The number of anilines is 2. The van der Waals surface area contributed by atoms with Crippen molar-refractivity contribution in [2.45, 2.75) is 13.0 Å². The van der Waals surface area contributed by atoms with Crippen LogP contribution in [0.5, 0.6) is 0 Å². The van der Waals surface area contributed by atoms with Crippen molar-refractivity contribution in [1.29, 1.82) is 0 Å². The Labute approximate surface area is 113 Å². The molecule has 0 saturated carbocycles. The fourth-order valence-corrected chi connectivity index (χ4v) is 3.17. The number of thiophene rings is 1. The maximum absolute atomic E-state index is 13.9. The summed E-state index contributed by atoms with van der Waals surface area (Å²) in [6.45, 7) is 1.32. The summed E-state index contributed by atoms with van der Waals surface area (Å²) >= 11 is 1.72. The van der Waals surface area contributed by atoms with Crippen LogP contribution in [0, 0.1) is 11.6 Å². The molecule has 2 aromatic heterocycles. The van der Waals surface area contributed by atoms with Gasteiger partial charge in [-0.2, -0.15) is 0 Å². The van der Waals surface area contributed by atoms with Crippen molar-refractivity contribution in [3.05, 3.63) is 39.6 Å². The van der Waals surface area contributed by atoms with Gasteiger partial charge in [-0.15, -0.1) is 11.3 Å². The Kier molecular flexibility index (Phi) is 3.10. The number of halogens is 2. The van der Waals surface area contributed by atoms with Crippen LogP contribution in [0.15, 0.2) is 17.5 Å². The van der Waals surface area contributed by atoms with Crippen LogP contribution in [-0.2, 0) is 13.0 Å². The topological polar surface area (TPSA) is 28.2 Å². The Morgan fingerprint density at radius 2 is 2.21 bits per heavy atom. The number of pyridine rings is 1. The molecule has 0 spiro atoms. The summed E-state index contributed by atoms with van der Waals surface area (Å²) in [5, 5.41) is 4.68. The van der Waals surface area contributed by atoms with E-state index in [9.17, 15) is 8.78 Å². The van der Waals surface area contributed by atoms with E-state index >= 15 is 0 Å². The monoisotopic (exact) mass is 281 g/mol. The van der Waals surface area contributed by atoms with E-state index in [1.807, 2.05) is 16.3 Å². The lowest BCUT2D eigenvalue weighted by molar-refractivity contribution is 0.566. The molecule has 1 aliphatic rings. The molecule has 3 nitrogen and oxygen atoms in total. The number of hydrogen-bond donors (Lipinski definition) is 1. The third-order valence-corrected chi connectivity index (χ3v) is 4.28. The van der Waals surface area contributed by atoms with Crippen molar-refractivity contribution < 1.29 is 8.78 Å². The van der Waals surface area contributed by atoms with E-state index in [0.717, 1.165) is 12.5 Å². The van der Waals surface area contributed by atoms with Gasteiger partial charge in [0.1, 0.15) is 0 Å². The average Bonchev–Trinajstić information content (AvgIpc) is 2.86. The molecule has 0 fully saturated rings. The van der Waals surface area contributed by atoms with Crippen molar-refractivity contribution in [3.8, 4) is 0 Å². The molecule has 6 heteroatoms. The van der Waals surface area contributed by atoms with Crippen LogP contribution >= 0.6 is 11.3 Å². The minimum Gasteiger partial charge on any atom is -0.371 e. The number of nitrogens with one attached hydrogen (secondary N) is 1. The van der Waals surface area contributed by atoms with Gasteiger partial charge in [-0.25, -0.2) is 13.8 Å². The Bertz CT molecular complexity index is 612. The molecule has 0 aromatic carbocycles. The second-order valence-corrected chi connectivity index (χ2v) is 5.42. The lowest BCUT2D eigenvalue weighted by atomic mass is 10.1. The van der Waals surface area contributed by atoms with Crippen LogP contribution < -0.4 is 10.2 Å². The number of aromatic nitrogens is 1. The highest BCUT2D eigenvalue weighted by Gasteiger charge is 2.22. The summed E-state index contributed by atoms with van der Waals surface area (Å²) in [6, 6.07) is 2.93. The van der Waals surface area contributed by atoms with Gasteiger partial charge in [-0.3, -0.25) is 0 Å². The second kappa shape index (κ2) is 4.77. The quantitative estimate of drug-likeness (QED) is 0.917. The van der Waals surface area contributed by atoms with Gasteiger partial charge in [0, 0.05) is 31.1 Å². The zero-order valence-corrected chi connectivity index (χ0v) is 11.2. The van der Waals surface area contributed by atoms with Gasteiger partial charge in [0.25, 0.3) is 0 Å². The Morgan fingerprint density at radius 1 is 1.37 bits per heavy atom. The molecule has 0 bridgehead atoms. The Morgan fingerprint density at radius 3 is 3.00 bits per heavy atom. The zero-order valence-electron chi connectivity index (χ0n) is 10.4. The van der Waals surface area contributed by atoms with Crippen LogP contribution in [0.3, 0.4) is 0 Å². The summed E-state index contributed by atoms with van der Waals surface area (Å²) in [7, 11) is 1.57. The fraction of sp³-hybridized carbons (Fsp3) is 0.308. The van der Waals surface area contributed by atoms with Crippen molar-refractivity contribution in [1.82, 2.24) is 4.98 Å². The maximum Gasteiger partial charge on any atom is 0.168 e. The molecule has 0 radical (unpaired) electrons. The van der Waals surface area contributed by atoms with Crippen LogP contribution in [0.25, 0.3) is 0 Å². The summed E-state index contributed by atoms with van der Waals surface area (Å²) < 4.78 is 27.3. The summed E-state index contributed by atoms with van der Waals surface area (Å²) in [5.74, 6) is -0.998. The van der Waals surface area contributed by atoms with Crippen molar-refractivity contribution in [3.63, 3.8) is 0 Å². The van der Waals surface area contributed by atoms with E-state index in [1.54, 1.807) is 18.4 Å². The summed E-state index contributed by atoms with van der Waals surface area (Å²) in [6.07, 6.45) is 0.875. The minimum atomic E-state index is -0.669. The highest BCUT2D eigenvalue weighted by atomic mass is 32.1. The molecule has 0 atom stereocenters. The Hall–Kier alpha value is -1.69. The normalized spacial score (nSPS) is 14.4. The highest BCUT2D eigenvalue weighted by Crippen LogP contribution is 2.29. The van der Waals surface area contributed by atoms with Gasteiger partial charge in [0.15, 0.2) is 23.3 Å². The van der Waals surface area contributed by atoms with Crippen LogP contribution in [0.4, 0.5) is 20.4 Å². The molecule has 0 unspecified atom stereocenters. The first kappa shape index (κ1) is 12.3. The van der Waals surface area contributed by atoms with Crippen LogP contribution in [0.1, 0.15) is 10.4 Å². The molecule has 1 aliphatic heterocycles. The molecular weight excluding hydrogens is 268 g/mol. The average molecular weight is 281 g/mol. The van der Waals surface area contributed by atoms with Crippen LogP contribution in [0.2, 0.25) is 0 Å². The van der Waals surface area contributed by atoms with Crippen LogP contribution in [-0.4, -0.2) is 18.6 Å². The smallest absolute Gasteiger partial charge is 0.168 e. The first-order valence-corrected chi connectivity index (χ1v) is 6.91. The molecule has 3 rings (SSSR count). The number of rotatable bonds is 2. The summed E-state index contributed by atoms with van der Waals surface area (Å²) in [4.78, 5) is 7.23. The lowest BCUT2D eigenvalue weighted by Gasteiger charge is -2.28. The van der Waals surface area contributed by atoms with E-state index < -0.39 is 11.6 Å². The van der Waals surface area contributed by atoms with E-state index in [0.29, 0.717) is 13.1 Å².